The predicted molar refractivity (Wildman–Crippen MR) is 62.4 cm³/mol. The number of aromatic nitrogens is 2. The Hall–Kier alpha value is -1.40. The summed E-state index contributed by atoms with van der Waals surface area (Å²) in [6.45, 7) is 4.08. The van der Waals surface area contributed by atoms with E-state index in [0.29, 0.717) is 19.8 Å². The molecule has 0 amide bonds. The van der Waals surface area contributed by atoms with E-state index in [1.165, 1.54) is 0 Å². The summed E-state index contributed by atoms with van der Waals surface area (Å²) in [6.07, 6.45) is 1.76. The fourth-order valence-electron chi connectivity index (χ4n) is 1.29. The van der Waals surface area contributed by atoms with E-state index < -0.39 is 0 Å². The molecule has 0 aliphatic rings. The highest BCUT2D eigenvalue weighted by molar-refractivity contribution is 5.70. The minimum atomic E-state index is -0.320. The molecule has 1 aromatic heterocycles. The van der Waals surface area contributed by atoms with E-state index in [0.717, 1.165) is 12.2 Å². The Morgan fingerprint density at radius 3 is 3.06 bits per heavy atom. The van der Waals surface area contributed by atoms with Gasteiger partial charge in [-0.3, -0.25) is 4.68 Å². The largest absolute Gasteiger partial charge is 0.464 e. The second-order valence-electron chi connectivity index (χ2n) is 3.48. The van der Waals surface area contributed by atoms with Crippen molar-refractivity contribution < 1.29 is 14.3 Å². The van der Waals surface area contributed by atoms with Crippen molar-refractivity contribution in [1.29, 1.82) is 0 Å². The molecule has 6 heteroatoms. The number of aryl methyl sites for hydroxylation is 1. The summed E-state index contributed by atoms with van der Waals surface area (Å²) in [5.41, 5.74) is 1.11. The fraction of sp³-hybridized carbons (Fsp3) is 0.636. The molecule has 0 radical (unpaired) electrons. The van der Waals surface area contributed by atoms with Gasteiger partial charge in [-0.25, -0.2) is 4.79 Å². The Morgan fingerprint density at radius 2 is 2.41 bits per heavy atom. The second kappa shape index (κ2) is 7.81. The first-order valence-electron chi connectivity index (χ1n) is 5.65. The highest BCUT2D eigenvalue weighted by atomic mass is 16.6. The Bertz CT molecular complexity index is 338. The summed E-state index contributed by atoms with van der Waals surface area (Å²) in [7, 11) is 1.90. The van der Waals surface area contributed by atoms with Crippen molar-refractivity contribution in [3.8, 4) is 0 Å². The van der Waals surface area contributed by atoms with Crippen LogP contribution in [0.5, 0.6) is 0 Å². The number of nitrogens with one attached hydrogen (secondary N) is 1. The standard InChI is InChI=1S/C11H19N3O3/c1-3-17-11(15)9-16-7-6-12-8-10-4-5-13-14(10)2/h4-5,12H,3,6-9H2,1-2H3. The number of esters is 1. The first-order valence-corrected chi connectivity index (χ1v) is 5.65. The van der Waals surface area contributed by atoms with Crippen molar-refractivity contribution >= 4 is 5.97 Å². The molecule has 1 rings (SSSR count). The van der Waals surface area contributed by atoms with Crippen LogP contribution in [0.3, 0.4) is 0 Å². The molecule has 6 nitrogen and oxygen atoms in total. The summed E-state index contributed by atoms with van der Waals surface area (Å²) in [6, 6.07) is 1.95. The van der Waals surface area contributed by atoms with E-state index in [1.807, 2.05) is 17.8 Å². The quantitative estimate of drug-likeness (QED) is 0.516. The molecule has 0 saturated heterocycles. The highest BCUT2D eigenvalue weighted by Crippen LogP contribution is 1.94. The van der Waals surface area contributed by atoms with Crippen molar-refractivity contribution in [2.24, 2.45) is 7.05 Å². The molecule has 0 aliphatic carbocycles. The van der Waals surface area contributed by atoms with Gasteiger partial charge in [-0.05, 0) is 13.0 Å². The van der Waals surface area contributed by atoms with E-state index in [-0.39, 0.29) is 12.6 Å². The molecule has 0 bridgehead atoms. The van der Waals surface area contributed by atoms with E-state index in [4.69, 9.17) is 9.47 Å². The van der Waals surface area contributed by atoms with Crippen LogP contribution in [0, 0.1) is 0 Å². The molecule has 0 atom stereocenters. The smallest absolute Gasteiger partial charge is 0.332 e. The molecule has 1 N–H and O–H groups in total. The van der Waals surface area contributed by atoms with Crippen LogP contribution < -0.4 is 5.32 Å². The van der Waals surface area contributed by atoms with E-state index >= 15 is 0 Å². The van der Waals surface area contributed by atoms with Crippen LogP contribution in [0.4, 0.5) is 0 Å². The number of rotatable bonds is 8. The van der Waals surface area contributed by atoms with Gasteiger partial charge in [-0.15, -0.1) is 0 Å². The van der Waals surface area contributed by atoms with Crippen LogP contribution in [0.2, 0.25) is 0 Å². The van der Waals surface area contributed by atoms with Gasteiger partial charge in [0.25, 0.3) is 0 Å². The SMILES string of the molecule is CCOC(=O)COCCNCc1ccnn1C. The number of hydrogen-bond acceptors (Lipinski definition) is 5. The average Bonchev–Trinajstić information content (AvgIpc) is 2.70. The van der Waals surface area contributed by atoms with Crippen LogP contribution in [0.15, 0.2) is 12.3 Å². The van der Waals surface area contributed by atoms with Gasteiger partial charge < -0.3 is 14.8 Å². The van der Waals surface area contributed by atoms with Crippen molar-refractivity contribution in [1.82, 2.24) is 15.1 Å². The molecule has 1 aromatic rings. The molecule has 0 saturated carbocycles. The molecular formula is C11H19N3O3. The highest BCUT2D eigenvalue weighted by Gasteiger charge is 2.01. The summed E-state index contributed by atoms with van der Waals surface area (Å²) >= 11 is 0. The van der Waals surface area contributed by atoms with Gasteiger partial charge in [0, 0.05) is 26.3 Å². The molecule has 0 aromatic carbocycles. The van der Waals surface area contributed by atoms with Gasteiger partial charge in [0.2, 0.25) is 0 Å². The van der Waals surface area contributed by atoms with Crippen molar-refractivity contribution in [2.45, 2.75) is 13.5 Å². The second-order valence-corrected chi connectivity index (χ2v) is 3.48. The third-order valence-electron chi connectivity index (χ3n) is 2.18. The van der Waals surface area contributed by atoms with E-state index in [9.17, 15) is 4.79 Å². The molecule has 0 unspecified atom stereocenters. The number of carbonyl (C=O) groups is 1. The lowest BCUT2D eigenvalue weighted by molar-refractivity contribution is -0.148. The minimum Gasteiger partial charge on any atom is -0.464 e. The monoisotopic (exact) mass is 241 g/mol. The van der Waals surface area contributed by atoms with Gasteiger partial charge in [0.15, 0.2) is 0 Å². The number of nitrogens with zero attached hydrogens (tertiary/aromatic N) is 2. The molecule has 96 valence electrons. The first-order chi connectivity index (χ1) is 8.24. The first kappa shape index (κ1) is 13.7. The molecular weight excluding hydrogens is 222 g/mol. The van der Waals surface area contributed by atoms with E-state index in [2.05, 4.69) is 10.4 Å². The summed E-state index contributed by atoms with van der Waals surface area (Å²) in [5.74, 6) is -0.320. The Balaban J connectivity index is 1.98. The number of carbonyl (C=O) groups excluding carboxylic acids is 1. The Kier molecular flexibility index (Phi) is 6.27. The maximum absolute atomic E-state index is 10.9. The predicted octanol–water partition coefficient (Wildman–Crippen LogP) is 0.0894. The molecule has 1 heterocycles. The Morgan fingerprint density at radius 1 is 1.59 bits per heavy atom. The zero-order chi connectivity index (χ0) is 12.5. The lowest BCUT2D eigenvalue weighted by Crippen LogP contribution is -2.22. The normalized spacial score (nSPS) is 10.5. The zero-order valence-corrected chi connectivity index (χ0v) is 10.3. The molecule has 0 spiro atoms. The molecule has 0 fully saturated rings. The van der Waals surface area contributed by atoms with Crippen LogP contribution >= 0.6 is 0 Å². The van der Waals surface area contributed by atoms with Crippen LogP contribution in [0.25, 0.3) is 0 Å². The van der Waals surface area contributed by atoms with Gasteiger partial charge in [-0.2, -0.15) is 5.10 Å². The number of hydrogen-bond donors (Lipinski definition) is 1. The van der Waals surface area contributed by atoms with Gasteiger partial charge >= 0.3 is 5.97 Å². The maximum Gasteiger partial charge on any atom is 0.332 e. The van der Waals surface area contributed by atoms with Gasteiger partial charge in [-0.1, -0.05) is 0 Å². The summed E-state index contributed by atoms with van der Waals surface area (Å²) in [4.78, 5) is 10.9. The number of ether oxygens (including phenoxy) is 2. The van der Waals surface area contributed by atoms with Gasteiger partial charge in [0.05, 0.1) is 18.9 Å². The summed E-state index contributed by atoms with van der Waals surface area (Å²) < 4.78 is 11.7. The molecule has 0 aliphatic heterocycles. The zero-order valence-electron chi connectivity index (χ0n) is 10.3. The van der Waals surface area contributed by atoms with E-state index in [1.54, 1.807) is 13.1 Å². The van der Waals surface area contributed by atoms with Crippen molar-refractivity contribution in [2.75, 3.05) is 26.4 Å². The van der Waals surface area contributed by atoms with Crippen LogP contribution in [-0.4, -0.2) is 42.1 Å². The van der Waals surface area contributed by atoms with Gasteiger partial charge in [0.1, 0.15) is 6.61 Å². The van der Waals surface area contributed by atoms with Crippen LogP contribution in [-0.2, 0) is 27.9 Å². The third kappa shape index (κ3) is 5.46. The van der Waals surface area contributed by atoms with Crippen LogP contribution in [0.1, 0.15) is 12.6 Å². The van der Waals surface area contributed by atoms with Crippen molar-refractivity contribution in [3.63, 3.8) is 0 Å². The Labute approximate surface area is 101 Å². The minimum absolute atomic E-state index is 0.0151. The summed E-state index contributed by atoms with van der Waals surface area (Å²) in [5, 5.41) is 7.26. The molecule has 17 heavy (non-hydrogen) atoms. The lowest BCUT2D eigenvalue weighted by atomic mass is 10.4. The maximum atomic E-state index is 10.9. The third-order valence-corrected chi connectivity index (χ3v) is 2.18. The van der Waals surface area contributed by atoms with Crippen molar-refractivity contribution in [3.05, 3.63) is 18.0 Å². The topological polar surface area (TPSA) is 65.4 Å². The average molecular weight is 241 g/mol. The fourth-order valence-corrected chi connectivity index (χ4v) is 1.29. The lowest BCUT2D eigenvalue weighted by Gasteiger charge is -2.06.